The molecule has 0 aromatic heterocycles. The third-order valence-electron chi connectivity index (χ3n) is 2.43. The van der Waals surface area contributed by atoms with Crippen molar-refractivity contribution >= 4 is 0 Å². The predicted molar refractivity (Wildman–Crippen MR) is 58.5 cm³/mol. The van der Waals surface area contributed by atoms with Crippen molar-refractivity contribution in [2.75, 3.05) is 0 Å². The van der Waals surface area contributed by atoms with Crippen molar-refractivity contribution in [3.63, 3.8) is 0 Å². The second-order valence-electron chi connectivity index (χ2n) is 3.41. The van der Waals surface area contributed by atoms with Crippen molar-refractivity contribution in [1.82, 2.24) is 5.32 Å². The van der Waals surface area contributed by atoms with Crippen molar-refractivity contribution in [1.29, 1.82) is 0 Å². The first-order valence-corrected chi connectivity index (χ1v) is 5.07. The largest absolute Gasteiger partial charge is 0.381 e. The number of dihydropyridines is 1. The highest BCUT2D eigenvalue weighted by Crippen LogP contribution is 2.18. The fourth-order valence-corrected chi connectivity index (χ4v) is 1.71. The van der Waals surface area contributed by atoms with E-state index in [1.807, 2.05) is 6.20 Å². The Bertz CT molecular complexity index is 246. The van der Waals surface area contributed by atoms with E-state index in [0.717, 1.165) is 12.8 Å². The van der Waals surface area contributed by atoms with Crippen LogP contribution in [0.15, 0.2) is 35.6 Å². The molecule has 13 heavy (non-hydrogen) atoms. The molecule has 0 aromatic carbocycles. The summed E-state index contributed by atoms with van der Waals surface area (Å²) in [5.74, 6) is 0. The Morgan fingerprint density at radius 1 is 1.54 bits per heavy atom. The minimum Gasteiger partial charge on any atom is -0.381 e. The Morgan fingerprint density at radius 3 is 2.92 bits per heavy atom. The van der Waals surface area contributed by atoms with Crippen LogP contribution in [0.3, 0.4) is 0 Å². The van der Waals surface area contributed by atoms with Crippen molar-refractivity contribution in [3.8, 4) is 0 Å². The second kappa shape index (κ2) is 4.90. The average Bonchev–Trinajstić information content (AvgIpc) is 2.18. The van der Waals surface area contributed by atoms with Crippen molar-refractivity contribution in [2.24, 2.45) is 0 Å². The molecule has 1 nitrogen and oxygen atoms in total. The van der Waals surface area contributed by atoms with Gasteiger partial charge in [-0.3, -0.25) is 0 Å². The van der Waals surface area contributed by atoms with E-state index in [4.69, 9.17) is 0 Å². The van der Waals surface area contributed by atoms with Crippen LogP contribution in [0.5, 0.6) is 0 Å². The Kier molecular flexibility index (Phi) is 3.81. The van der Waals surface area contributed by atoms with Gasteiger partial charge in [0.05, 0.1) is 6.04 Å². The maximum Gasteiger partial charge on any atom is 0.0682 e. The minimum atomic E-state index is 0.440. The van der Waals surface area contributed by atoms with Crippen LogP contribution in [0.2, 0.25) is 0 Å². The molecule has 1 rings (SSSR count). The summed E-state index contributed by atoms with van der Waals surface area (Å²) in [5.41, 5.74) is 2.91. The predicted octanol–water partition coefficient (Wildman–Crippen LogP) is 3.16. The fraction of sp³-hybridized carbons (Fsp3) is 0.500. The summed E-state index contributed by atoms with van der Waals surface area (Å²) < 4.78 is 0. The third-order valence-corrected chi connectivity index (χ3v) is 2.43. The van der Waals surface area contributed by atoms with Crippen LogP contribution >= 0.6 is 0 Å². The van der Waals surface area contributed by atoms with Crippen LogP contribution in [0, 0.1) is 0 Å². The lowest BCUT2D eigenvalue weighted by molar-refractivity contribution is 0.712. The van der Waals surface area contributed by atoms with Gasteiger partial charge in [-0.15, -0.1) is 0 Å². The van der Waals surface area contributed by atoms with Crippen molar-refractivity contribution in [3.05, 3.63) is 35.6 Å². The Balaban J connectivity index is 2.75. The van der Waals surface area contributed by atoms with Gasteiger partial charge in [0.25, 0.3) is 0 Å². The van der Waals surface area contributed by atoms with Crippen LogP contribution in [-0.4, -0.2) is 6.04 Å². The van der Waals surface area contributed by atoms with Gasteiger partial charge in [-0.05, 0) is 37.6 Å². The van der Waals surface area contributed by atoms with Crippen LogP contribution < -0.4 is 5.32 Å². The summed E-state index contributed by atoms with van der Waals surface area (Å²) in [6.07, 6.45) is 10.8. The van der Waals surface area contributed by atoms with E-state index < -0.39 is 0 Å². The average molecular weight is 177 g/mol. The lowest BCUT2D eigenvalue weighted by atomic mass is 9.95. The molecule has 0 amide bonds. The van der Waals surface area contributed by atoms with E-state index in [0.29, 0.717) is 6.04 Å². The van der Waals surface area contributed by atoms with Crippen molar-refractivity contribution < 1.29 is 0 Å². The van der Waals surface area contributed by atoms with Gasteiger partial charge >= 0.3 is 0 Å². The normalized spacial score (nSPS) is 22.5. The van der Waals surface area contributed by atoms with Gasteiger partial charge < -0.3 is 5.32 Å². The number of nitrogens with one attached hydrogen (secondary N) is 1. The molecule has 0 bridgehead atoms. The maximum absolute atomic E-state index is 3.39. The number of hydrogen-bond donors (Lipinski definition) is 1. The Hall–Kier alpha value is -0.980. The summed E-state index contributed by atoms with van der Waals surface area (Å²) >= 11 is 0. The van der Waals surface area contributed by atoms with E-state index in [-0.39, 0.29) is 0 Å². The second-order valence-corrected chi connectivity index (χ2v) is 3.41. The summed E-state index contributed by atoms with van der Waals surface area (Å²) in [5, 5.41) is 3.39. The molecule has 0 radical (unpaired) electrons. The standard InChI is InChI=1S/C12H19N/c1-4-7-10(3)12-11(5-2)8-6-9-13-12/h6-9,12-13H,4-5H2,1-3H3/b10-7+. The van der Waals surface area contributed by atoms with Crippen LogP contribution in [-0.2, 0) is 0 Å². The molecule has 72 valence electrons. The zero-order valence-corrected chi connectivity index (χ0v) is 8.80. The van der Waals surface area contributed by atoms with Crippen LogP contribution in [0.4, 0.5) is 0 Å². The minimum absolute atomic E-state index is 0.440. The van der Waals surface area contributed by atoms with Crippen molar-refractivity contribution in [2.45, 2.75) is 39.7 Å². The topological polar surface area (TPSA) is 12.0 Å². The quantitative estimate of drug-likeness (QED) is 0.653. The Labute approximate surface area is 81.2 Å². The molecular formula is C12H19N. The van der Waals surface area contributed by atoms with Gasteiger partial charge in [0, 0.05) is 0 Å². The first kappa shape index (κ1) is 10.1. The lowest BCUT2D eigenvalue weighted by Gasteiger charge is -2.23. The summed E-state index contributed by atoms with van der Waals surface area (Å²) in [6, 6.07) is 0.440. The first-order chi connectivity index (χ1) is 6.29. The molecule has 1 heterocycles. The molecule has 1 N–H and O–H groups in total. The molecule has 1 heteroatoms. The Morgan fingerprint density at radius 2 is 2.31 bits per heavy atom. The highest BCUT2D eigenvalue weighted by atomic mass is 14.9. The molecule has 0 saturated heterocycles. The van der Waals surface area contributed by atoms with Gasteiger partial charge in [-0.2, -0.15) is 0 Å². The molecule has 0 spiro atoms. The zero-order valence-electron chi connectivity index (χ0n) is 8.80. The SMILES string of the molecule is CC/C=C(\C)C1NC=CC=C1CC. The molecule has 0 fully saturated rings. The van der Waals surface area contributed by atoms with E-state index in [1.165, 1.54) is 11.1 Å². The number of rotatable bonds is 3. The molecule has 1 atom stereocenters. The highest BCUT2D eigenvalue weighted by molar-refractivity contribution is 5.31. The lowest BCUT2D eigenvalue weighted by Crippen LogP contribution is -2.29. The molecule has 0 saturated carbocycles. The van der Waals surface area contributed by atoms with Gasteiger partial charge in [0.2, 0.25) is 0 Å². The fourth-order valence-electron chi connectivity index (χ4n) is 1.71. The zero-order chi connectivity index (χ0) is 9.68. The van der Waals surface area contributed by atoms with Crippen LogP contribution in [0.25, 0.3) is 0 Å². The summed E-state index contributed by atoms with van der Waals surface area (Å²) in [4.78, 5) is 0. The highest BCUT2D eigenvalue weighted by Gasteiger charge is 2.13. The number of hydrogen-bond acceptors (Lipinski definition) is 1. The van der Waals surface area contributed by atoms with E-state index >= 15 is 0 Å². The molecule has 1 aliphatic rings. The molecule has 0 aromatic rings. The summed E-state index contributed by atoms with van der Waals surface area (Å²) in [7, 11) is 0. The van der Waals surface area contributed by atoms with Crippen LogP contribution in [0.1, 0.15) is 33.6 Å². The molecule has 1 unspecified atom stereocenters. The first-order valence-electron chi connectivity index (χ1n) is 5.07. The molecule has 1 aliphatic heterocycles. The smallest absolute Gasteiger partial charge is 0.0682 e. The maximum atomic E-state index is 3.39. The van der Waals surface area contributed by atoms with E-state index in [2.05, 4.69) is 44.3 Å². The van der Waals surface area contributed by atoms with Gasteiger partial charge in [-0.1, -0.05) is 31.6 Å². The van der Waals surface area contributed by atoms with Gasteiger partial charge in [-0.25, -0.2) is 0 Å². The molecular weight excluding hydrogens is 158 g/mol. The monoisotopic (exact) mass is 177 g/mol. The van der Waals surface area contributed by atoms with E-state index in [1.54, 1.807) is 0 Å². The van der Waals surface area contributed by atoms with Gasteiger partial charge in [0.15, 0.2) is 0 Å². The van der Waals surface area contributed by atoms with Gasteiger partial charge in [0.1, 0.15) is 0 Å². The number of allylic oxidation sites excluding steroid dienone is 3. The molecule has 0 aliphatic carbocycles. The summed E-state index contributed by atoms with van der Waals surface area (Å²) in [6.45, 7) is 6.58. The van der Waals surface area contributed by atoms with E-state index in [9.17, 15) is 0 Å². The third kappa shape index (κ3) is 2.48.